The molecule has 0 aliphatic rings. The Balaban J connectivity index is 1.38. The summed E-state index contributed by atoms with van der Waals surface area (Å²) in [7, 11) is 0. The Hall–Kier alpha value is -4.26. The van der Waals surface area contributed by atoms with Crippen LogP contribution in [-0.4, -0.2) is 30.9 Å². The first-order valence-electron chi connectivity index (χ1n) is 9.56. The van der Waals surface area contributed by atoms with Gasteiger partial charge in [-0.1, -0.05) is 59.8 Å². The predicted octanol–water partition coefficient (Wildman–Crippen LogP) is 4.12. The van der Waals surface area contributed by atoms with Crippen molar-refractivity contribution in [2.24, 2.45) is 0 Å². The zero-order valence-electron chi connectivity index (χ0n) is 16.0. The monoisotopic (exact) mass is 394 g/mol. The molecule has 2 aromatic heterocycles. The molecule has 0 spiro atoms. The topological polar surface area (TPSA) is 88.5 Å². The van der Waals surface area contributed by atoms with Crippen LogP contribution in [0.5, 0.6) is 0 Å². The van der Waals surface area contributed by atoms with E-state index in [1.54, 1.807) is 10.9 Å². The Labute approximate surface area is 172 Å². The number of benzene rings is 3. The molecule has 0 unspecified atom stereocenters. The molecule has 2 heterocycles. The summed E-state index contributed by atoms with van der Waals surface area (Å²) in [5, 5.41) is 11.0. The predicted molar refractivity (Wildman–Crippen MR) is 115 cm³/mol. The number of carbonyl (C=O) groups excluding carboxylic acids is 1. The molecule has 0 aliphatic heterocycles. The first-order valence-corrected chi connectivity index (χ1v) is 9.56. The molecule has 3 aromatic carbocycles. The Bertz CT molecular complexity index is 1290. The third kappa shape index (κ3) is 3.56. The zero-order chi connectivity index (χ0) is 20.3. The van der Waals surface area contributed by atoms with Crippen molar-refractivity contribution in [3.63, 3.8) is 0 Å². The van der Waals surface area contributed by atoms with Gasteiger partial charge in [-0.25, -0.2) is 9.67 Å². The summed E-state index contributed by atoms with van der Waals surface area (Å²) < 4.78 is 1.65. The van der Waals surface area contributed by atoms with Crippen molar-refractivity contribution in [1.82, 2.24) is 25.0 Å². The highest BCUT2D eigenvalue weighted by Gasteiger charge is 2.15. The maximum absolute atomic E-state index is 12.8. The van der Waals surface area contributed by atoms with E-state index in [9.17, 15) is 4.79 Å². The minimum atomic E-state index is -0.321. The smallest absolute Gasteiger partial charge is 0.277 e. The van der Waals surface area contributed by atoms with Crippen LogP contribution in [-0.2, 0) is 6.54 Å². The van der Waals surface area contributed by atoms with Gasteiger partial charge in [0.25, 0.3) is 5.91 Å². The van der Waals surface area contributed by atoms with Crippen molar-refractivity contribution in [3.8, 4) is 11.4 Å². The zero-order valence-corrected chi connectivity index (χ0v) is 16.0. The highest BCUT2D eigenvalue weighted by molar-refractivity contribution is 6.04. The number of imidazole rings is 1. The Kier molecular flexibility index (Phi) is 4.53. The lowest BCUT2D eigenvalue weighted by molar-refractivity contribution is 0.102. The first-order chi connectivity index (χ1) is 14.8. The average molecular weight is 394 g/mol. The van der Waals surface area contributed by atoms with Gasteiger partial charge in [-0.3, -0.25) is 4.79 Å². The largest absolute Gasteiger partial charge is 0.338 e. The molecule has 0 bridgehead atoms. The maximum Gasteiger partial charge on any atom is 0.277 e. The Morgan fingerprint density at radius 1 is 0.933 bits per heavy atom. The summed E-state index contributed by atoms with van der Waals surface area (Å²) in [6.45, 7) is 0.552. The molecule has 5 rings (SSSR count). The number of nitrogens with one attached hydrogen (secondary N) is 2. The third-order valence-corrected chi connectivity index (χ3v) is 4.78. The van der Waals surface area contributed by atoms with Crippen LogP contribution in [0.2, 0.25) is 0 Å². The van der Waals surface area contributed by atoms with Crippen LogP contribution < -0.4 is 5.32 Å². The van der Waals surface area contributed by atoms with Gasteiger partial charge in [0.2, 0.25) is 0 Å². The van der Waals surface area contributed by atoms with E-state index in [-0.39, 0.29) is 11.6 Å². The van der Waals surface area contributed by atoms with E-state index in [2.05, 4.69) is 25.6 Å². The first kappa shape index (κ1) is 17.8. The number of aromatic amines is 1. The summed E-state index contributed by atoms with van der Waals surface area (Å²) >= 11 is 0. The van der Waals surface area contributed by atoms with Gasteiger partial charge in [0.15, 0.2) is 5.69 Å². The number of anilines is 1. The lowest BCUT2D eigenvalue weighted by atomic mass is 10.1. The molecule has 0 saturated heterocycles. The number of aromatic nitrogens is 5. The Morgan fingerprint density at radius 3 is 2.57 bits per heavy atom. The number of rotatable bonds is 5. The van der Waals surface area contributed by atoms with Crippen LogP contribution in [0.1, 0.15) is 16.1 Å². The van der Waals surface area contributed by atoms with Gasteiger partial charge in [0, 0.05) is 5.56 Å². The molecule has 0 aliphatic carbocycles. The lowest BCUT2D eigenvalue weighted by Crippen LogP contribution is -2.13. The van der Waals surface area contributed by atoms with Crippen LogP contribution in [0.3, 0.4) is 0 Å². The second-order valence-corrected chi connectivity index (χ2v) is 6.89. The number of nitrogens with zero attached hydrogens (tertiary/aromatic N) is 4. The molecule has 0 fully saturated rings. The highest BCUT2D eigenvalue weighted by Crippen LogP contribution is 2.27. The van der Waals surface area contributed by atoms with E-state index >= 15 is 0 Å². The highest BCUT2D eigenvalue weighted by atomic mass is 16.2. The molecular formula is C23H18N6O. The number of para-hydroxylation sites is 3. The summed E-state index contributed by atoms with van der Waals surface area (Å²) in [6.07, 6.45) is 1.64. The fourth-order valence-corrected chi connectivity index (χ4v) is 3.32. The van der Waals surface area contributed by atoms with Crippen molar-refractivity contribution in [2.75, 3.05) is 5.32 Å². The number of amides is 1. The van der Waals surface area contributed by atoms with Crippen molar-refractivity contribution in [1.29, 1.82) is 0 Å². The van der Waals surface area contributed by atoms with Crippen molar-refractivity contribution in [3.05, 3.63) is 96.3 Å². The van der Waals surface area contributed by atoms with Crippen molar-refractivity contribution >= 4 is 22.6 Å². The van der Waals surface area contributed by atoms with Gasteiger partial charge in [-0.2, -0.15) is 0 Å². The summed E-state index contributed by atoms with van der Waals surface area (Å²) in [5.74, 6) is 0.373. The van der Waals surface area contributed by atoms with Gasteiger partial charge < -0.3 is 10.3 Å². The van der Waals surface area contributed by atoms with Gasteiger partial charge in [-0.05, 0) is 29.8 Å². The minimum absolute atomic E-state index is 0.255. The van der Waals surface area contributed by atoms with E-state index in [1.807, 2.05) is 78.9 Å². The molecule has 0 radical (unpaired) electrons. The number of H-pyrrole nitrogens is 1. The summed E-state index contributed by atoms with van der Waals surface area (Å²) in [4.78, 5) is 20.7. The molecule has 2 N–H and O–H groups in total. The number of fused-ring (bicyclic) bond motifs is 1. The van der Waals surface area contributed by atoms with Crippen LogP contribution in [0, 0.1) is 0 Å². The van der Waals surface area contributed by atoms with E-state index in [0.29, 0.717) is 18.1 Å². The lowest BCUT2D eigenvalue weighted by Gasteiger charge is -2.08. The fourth-order valence-electron chi connectivity index (χ4n) is 3.32. The van der Waals surface area contributed by atoms with E-state index in [0.717, 1.165) is 22.2 Å². The standard InChI is InChI=1S/C23H18N6O/c30-23(21-15-29(28-27-21)14-16-8-2-1-3-9-16)26-18-11-5-4-10-17(18)22-24-19-12-6-7-13-20(19)25-22/h1-13,15H,14H2,(H,24,25)(H,26,30). The van der Waals surface area contributed by atoms with E-state index in [1.165, 1.54) is 0 Å². The number of hydrogen-bond acceptors (Lipinski definition) is 4. The SMILES string of the molecule is O=C(Nc1ccccc1-c1nc2ccccc2[nH]1)c1cn(Cc2ccccc2)nn1. The average Bonchev–Trinajstić information content (AvgIpc) is 3.42. The van der Waals surface area contributed by atoms with Crippen LogP contribution in [0.4, 0.5) is 5.69 Å². The quantitative estimate of drug-likeness (QED) is 0.469. The molecule has 146 valence electrons. The van der Waals surface area contributed by atoms with Gasteiger partial charge >= 0.3 is 0 Å². The molecule has 7 nitrogen and oxygen atoms in total. The second kappa shape index (κ2) is 7.63. The van der Waals surface area contributed by atoms with Gasteiger partial charge in [-0.15, -0.1) is 5.10 Å². The number of carbonyl (C=O) groups is 1. The molecule has 0 saturated carbocycles. The van der Waals surface area contributed by atoms with Gasteiger partial charge in [0.05, 0.1) is 29.5 Å². The van der Waals surface area contributed by atoms with Crippen molar-refractivity contribution in [2.45, 2.75) is 6.54 Å². The maximum atomic E-state index is 12.8. The minimum Gasteiger partial charge on any atom is -0.338 e. The number of hydrogen-bond donors (Lipinski definition) is 2. The Morgan fingerprint density at radius 2 is 1.70 bits per heavy atom. The van der Waals surface area contributed by atoms with Crippen LogP contribution in [0.25, 0.3) is 22.4 Å². The second-order valence-electron chi connectivity index (χ2n) is 6.89. The molecule has 5 aromatic rings. The summed E-state index contributed by atoms with van der Waals surface area (Å²) in [5.41, 5.74) is 4.61. The molecule has 7 heteroatoms. The normalized spacial score (nSPS) is 10.9. The third-order valence-electron chi connectivity index (χ3n) is 4.78. The van der Waals surface area contributed by atoms with E-state index in [4.69, 9.17) is 0 Å². The van der Waals surface area contributed by atoms with Crippen molar-refractivity contribution < 1.29 is 4.79 Å². The molecular weight excluding hydrogens is 376 g/mol. The van der Waals surface area contributed by atoms with E-state index < -0.39 is 0 Å². The van der Waals surface area contributed by atoms with Gasteiger partial charge in [0.1, 0.15) is 5.82 Å². The molecule has 0 atom stereocenters. The van der Waals surface area contributed by atoms with Crippen LogP contribution >= 0.6 is 0 Å². The summed E-state index contributed by atoms with van der Waals surface area (Å²) in [6, 6.07) is 25.3. The molecule has 1 amide bonds. The fraction of sp³-hybridized carbons (Fsp3) is 0.0435. The molecule has 30 heavy (non-hydrogen) atoms. The van der Waals surface area contributed by atoms with Crippen LogP contribution in [0.15, 0.2) is 85.1 Å².